The van der Waals surface area contributed by atoms with Crippen LogP contribution in [0.4, 0.5) is 4.39 Å². The summed E-state index contributed by atoms with van der Waals surface area (Å²) in [5.74, 6) is -0.365. The highest BCUT2D eigenvalue weighted by atomic mass is 32.2. The van der Waals surface area contributed by atoms with Crippen molar-refractivity contribution in [3.05, 3.63) is 71.5 Å². The molecule has 2 aromatic rings. The summed E-state index contributed by atoms with van der Waals surface area (Å²) in [4.78, 5) is 0. The quantitative estimate of drug-likeness (QED) is 0.845. The van der Waals surface area contributed by atoms with Crippen LogP contribution in [-0.2, 0) is 14.8 Å². The van der Waals surface area contributed by atoms with Crippen LogP contribution < -0.4 is 4.72 Å². The van der Waals surface area contributed by atoms with Gasteiger partial charge in [-0.15, -0.1) is 0 Å². The Kier molecular flexibility index (Phi) is 5.87. The highest BCUT2D eigenvalue weighted by Gasteiger charge is 2.26. The summed E-state index contributed by atoms with van der Waals surface area (Å²) in [5, 5.41) is -0.695. The van der Waals surface area contributed by atoms with E-state index in [1.807, 2.05) is 30.3 Å². The molecule has 0 saturated heterocycles. The number of hydrogen-bond acceptors (Lipinski definition) is 3. The van der Waals surface area contributed by atoms with Crippen molar-refractivity contribution in [2.24, 2.45) is 0 Å². The van der Waals surface area contributed by atoms with Gasteiger partial charge in [0.1, 0.15) is 5.82 Å². The van der Waals surface area contributed by atoms with Crippen LogP contribution in [0.2, 0.25) is 0 Å². The van der Waals surface area contributed by atoms with E-state index in [0.717, 1.165) is 5.56 Å². The molecule has 0 heterocycles. The Morgan fingerprint density at radius 2 is 1.61 bits per heavy atom. The molecule has 0 aromatic heterocycles. The van der Waals surface area contributed by atoms with Gasteiger partial charge < -0.3 is 4.74 Å². The van der Waals surface area contributed by atoms with Gasteiger partial charge in [0.2, 0.25) is 10.0 Å². The van der Waals surface area contributed by atoms with Crippen LogP contribution in [-0.4, -0.2) is 27.4 Å². The maximum Gasteiger partial charge on any atom is 0.217 e. The van der Waals surface area contributed by atoms with Gasteiger partial charge in [-0.2, -0.15) is 0 Å². The van der Waals surface area contributed by atoms with Gasteiger partial charge in [-0.3, -0.25) is 0 Å². The van der Waals surface area contributed by atoms with Gasteiger partial charge in [0.05, 0.1) is 17.9 Å². The maximum atomic E-state index is 13.2. The number of methoxy groups -OCH3 is 1. The lowest BCUT2D eigenvalue weighted by Crippen LogP contribution is -2.38. The summed E-state index contributed by atoms with van der Waals surface area (Å²) in [6.07, 6.45) is 0. The number of rotatable bonds is 7. The van der Waals surface area contributed by atoms with Gasteiger partial charge >= 0.3 is 0 Å². The molecule has 0 amide bonds. The van der Waals surface area contributed by atoms with Crippen LogP contribution in [0.3, 0.4) is 0 Å². The second kappa shape index (κ2) is 7.68. The van der Waals surface area contributed by atoms with E-state index in [1.54, 1.807) is 19.1 Å². The van der Waals surface area contributed by atoms with Crippen molar-refractivity contribution < 1.29 is 17.5 Å². The number of ether oxygens (including phenoxy) is 1. The van der Waals surface area contributed by atoms with E-state index in [2.05, 4.69) is 4.72 Å². The van der Waals surface area contributed by atoms with E-state index in [1.165, 1.54) is 19.2 Å². The highest BCUT2D eigenvalue weighted by Crippen LogP contribution is 2.24. The van der Waals surface area contributed by atoms with Crippen molar-refractivity contribution in [1.29, 1.82) is 0 Å². The van der Waals surface area contributed by atoms with E-state index in [9.17, 15) is 12.8 Å². The zero-order chi connectivity index (χ0) is 16.9. The molecule has 2 aromatic carbocycles. The first-order chi connectivity index (χ1) is 10.9. The van der Waals surface area contributed by atoms with Crippen molar-refractivity contribution >= 4 is 10.0 Å². The molecule has 2 atom stereocenters. The minimum absolute atomic E-state index is 0.0975. The van der Waals surface area contributed by atoms with Crippen molar-refractivity contribution in [2.45, 2.75) is 18.2 Å². The highest BCUT2D eigenvalue weighted by molar-refractivity contribution is 7.90. The fourth-order valence-electron chi connectivity index (χ4n) is 2.23. The third kappa shape index (κ3) is 4.60. The van der Waals surface area contributed by atoms with Crippen LogP contribution in [0.5, 0.6) is 0 Å². The molecule has 0 saturated carbocycles. The van der Waals surface area contributed by atoms with E-state index >= 15 is 0 Å². The molecule has 0 aliphatic rings. The smallest absolute Gasteiger partial charge is 0.217 e. The zero-order valence-electron chi connectivity index (χ0n) is 13.1. The lowest BCUT2D eigenvalue weighted by atomic mass is 10.00. The molecular weight excluding hydrogens is 317 g/mol. The van der Waals surface area contributed by atoms with Crippen molar-refractivity contribution in [2.75, 3.05) is 13.7 Å². The predicted octanol–water partition coefficient (Wildman–Crippen LogP) is 2.87. The van der Waals surface area contributed by atoms with E-state index < -0.39 is 21.3 Å². The minimum atomic E-state index is -3.60. The average molecular weight is 337 g/mol. The van der Waals surface area contributed by atoms with E-state index in [4.69, 9.17) is 4.74 Å². The second-order valence-corrected chi connectivity index (χ2v) is 7.45. The molecule has 0 spiro atoms. The molecule has 4 nitrogen and oxygen atoms in total. The third-order valence-corrected chi connectivity index (χ3v) is 5.31. The van der Waals surface area contributed by atoms with Gasteiger partial charge in [-0.1, -0.05) is 42.5 Å². The Balaban J connectivity index is 2.37. The minimum Gasteiger partial charge on any atom is -0.383 e. The first kappa shape index (κ1) is 17.6. The van der Waals surface area contributed by atoms with Gasteiger partial charge in [-0.05, 0) is 30.2 Å². The number of benzene rings is 2. The summed E-state index contributed by atoms with van der Waals surface area (Å²) in [7, 11) is -2.14. The molecule has 0 aliphatic heterocycles. The fourth-order valence-corrected chi connectivity index (χ4v) is 3.38. The molecule has 23 heavy (non-hydrogen) atoms. The summed E-state index contributed by atoms with van der Waals surface area (Å²) < 4.78 is 45.8. The third-order valence-electron chi connectivity index (χ3n) is 3.55. The van der Waals surface area contributed by atoms with Crippen LogP contribution in [0.25, 0.3) is 0 Å². The van der Waals surface area contributed by atoms with Gasteiger partial charge in [0.25, 0.3) is 0 Å². The number of halogens is 1. The topological polar surface area (TPSA) is 55.4 Å². The van der Waals surface area contributed by atoms with Crippen LogP contribution >= 0.6 is 0 Å². The molecule has 0 radical (unpaired) electrons. The largest absolute Gasteiger partial charge is 0.383 e. The number of hydrogen-bond donors (Lipinski definition) is 1. The van der Waals surface area contributed by atoms with Gasteiger partial charge in [0, 0.05) is 7.11 Å². The summed E-state index contributed by atoms with van der Waals surface area (Å²) in [6, 6.07) is 14.4. The molecule has 2 unspecified atom stereocenters. The Morgan fingerprint density at radius 3 is 2.17 bits per heavy atom. The number of sulfonamides is 1. The maximum absolute atomic E-state index is 13.2. The SMILES string of the molecule is COCC(C)S(=O)(=O)NC(c1ccccc1)c1ccc(F)cc1. The molecule has 0 aliphatic carbocycles. The molecule has 6 heteroatoms. The molecule has 0 bridgehead atoms. The van der Waals surface area contributed by atoms with Crippen LogP contribution in [0.15, 0.2) is 54.6 Å². The Labute approximate surface area is 136 Å². The Bertz CT molecular complexity index is 717. The van der Waals surface area contributed by atoms with Crippen molar-refractivity contribution in [1.82, 2.24) is 4.72 Å². The predicted molar refractivity (Wildman–Crippen MR) is 88.1 cm³/mol. The Hall–Kier alpha value is -1.76. The first-order valence-corrected chi connectivity index (χ1v) is 8.79. The normalized spacial score (nSPS) is 14.4. The van der Waals surface area contributed by atoms with Crippen LogP contribution in [0.1, 0.15) is 24.1 Å². The second-order valence-electron chi connectivity index (χ2n) is 5.32. The fraction of sp³-hybridized carbons (Fsp3) is 0.294. The molecule has 124 valence electrons. The van der Waals surface area contributed by atoms with Crippen molar-refractivity contribution in [3.8, 4) is 0 Å². The average Bonchev–Trinajstić information content (AvgIpc) is 2.55. The Morgan fingerprint density at radius 1 is 1.04 bits per heavy atom. The lowest BCUT2D eigenvalue weighted by Gasteiger charge is -2.22. The summed E-state index contributed by atoms with van der Waals surface area (Å²) in [5.41, 5.74) is 1.46. The standard InChI is InChI=1S/C17H20FNO3S/c1-13(12-22-2)23(20,21)19-17(14-6-4-3-5-7-14)15-8-10-16(18)11-9-15/h3-11,13,17,19H,12H2,1-2H3. The summed E-state index contributed by atoms with van der Waals surface area (Å²) in [6.45, 7) is 1.68. The molecular formula is C17H20FNO3S. The van der Waals surface area contributed by atoms with Gasteiger partial charge in [0.15, 0.2) is 0 Å². The monoisotopic (exact) mass is 337 g/mol. The van der Waals surface area contributed by atoms with Crippen LogP contribution in [0, 0.1) is 5.82 Å². The van der Waals surface area contributed by atoms with Gasteiger partial charge in [-0.25, -0.2) is 17.5 Å². The molecule has 0 fully saturated rings. The first-order valence-electron chi connectivity index (χ1n) is 7.24. The molecule has 2 rings (SSSR count). The zero-order valence-corrected chi connectivity index (χ0v) is 13.9. The number of nitrogens with one attached hydrogen (secondary N) is 1. The lowest BCUT2D eigenvalue weighted by molar-refractivity contribution is 0.200. The summed E-state index contributed by atoms with van der Waals surface area (Å²) >= 11 is 0. The van der Waals surface area contributed by atoms with Crippen molar-refractivity contribution in [3.63, 3.8) is 0 Å². The molecule has 1 N–H and O–H groups in total. The van der Waals surface area contributed by atoms with E-state index in [-0.39, 0.29) is 12.4 Å². The van der Waals surface area contributed by atoms with E-state index in [0.29, 0.717) is 5.56 Å².